The molecule has 1 aliphatic rings. The number of carbonyl (C=O) groups is 1. The van der Waals surface area contributed by atoms with E-state index in [-0.39, 0.29) is 0 Å². The molecule has 4 heteroatoms. The maximum Gasteiger partial charge on any atom is 0.303 e. The third-order valence-electron chi connectivity index (χ3n) is 2.99. The number of unbranched alkanes of at least 4 members (excludes halogenated alkanes) is 6. The van der Waals surface area contributed by atoms with E-state index in [2.05, 4.69) is 13.2 Å². The molecule has 0 aromatic heterocycles. The van der Waals surface area contributed by atoms with E-state index in [1.807, 2.05) is 6.08 Å². The molecule has 1 fully saturated rings. The fraction of sp³-hybridized carbons (Fsp3) is 0.706. The number of epoxide rings is 1. The molecule has 0 aromatic rings. The lowest BCUT2D eigenvalue weighted by atomic mass is 10.1. The third kappa shape index (κ3) is 18.9. The minimum atomic E-state index is -0.674. The van der Waals surface area contributed by atoms with Crippen molar-refractivity contribution in [3.63, 3.8) is 0 Å². The Balaban J connectivity index is 0.000000423. The Kier molecular flexibility index (Phi) is 14.4. The fourth-order valence-corrected chi connectivity index (χ4v) is 1.72. The molecular weight excluding hydrogens is 268 g/mol. The molecule has 1 N–H and O–H groups in total. The zero-order valence-corrected chi connectivity index (χ0v) is 13.1. The molecule has 1 rings (SSSR count). The standard InChI is InChI=1S/C11H20O2.C6H10O2/c1-2-3-4-5-6-7-8-9-10-11(12)13;1-2-3-7-4-6-5-8-6/h2H,1,3-10H2,(H,12,13);2,6H,1,3-5H2. The number of allylic oxidation sites excluding steroid dienone is 1. The van der Waals surface area contributed by atoms with E-state index < -0.39 is 5.97 Å². The van der Waals surface area contributed by atoms with Gasteiger partial charge in [0.2, 0.25) is 0 Å². The number of hydrogen-bond donors (Lipinski definition) is 1. The normalized spacial score (nSPS) is 15.7. The summed E-state index contributed by atoms with van der Waals surface area (Å²) in [5.41, 5.74) is 0. The fourth-order valence-electron chi connectivity index (χ4n) is 1.72. The quantitative estimate of drug-likeness (QED) is 0.317. The molecule has 1 aliphatic heterocycles. The van der Waals surface area contributed by atoms with Crippen molar-refractivity contribution >= 4 is 5.97 Å². The van der Waals surface area contributed by atoms with Gasteiger partial charge >= 0.3 is 5.97 Å². The van der Waals surface area contributed by atoms with Gasteiger partial charge in [-0.2, -0.15) is 0 Å². The first-order chi connectivity index (χ1) is 10.2. The van der Waals surface area contributed by atoms with E-state index in [9.17, 15) is 4.79 Å². The van der Waals surface area contributed by atoms with Gasteiger partial charge in [-0.05, 0) is 19.3 Å². The highest BCUT2D eigenvalue weighted by molar-refractivity contribution is 5.66. The largest absolute Gasteiger partial charge is 0.481 e. The average Bonchev–Trinajstić information content (AvgIpc) is 3.27. The molecule has 1 heterocycles. The maximum atomic E-state index is 10.2. The topological polar surface area (TPSA) is 59.1 Å². The predicted molar refractivity (Wildman–Crippen MR) is 85.5 cm³/mol. The van der Waals surface area contributed by atoms with Crippen LogP contribution in [0.15, 0.2) is 25.3 Å². The van der Waals surface area contributed by atoms with Crippen molar-refractivity contribution in [2.45, 2.75) is 57.5 Å². The van der Waals surface area contributed by atoms with Crippen LogP contribution in [0, 0.1) is 0 Å². The Morgan fingerprint density at radius 3 is 2.29 bits per heavy atom. The summed E-state index contributed by atoms with van der Waals surface area (Å²) in [7, 11) is 0. The molecule has 0 aromatic carbocycles. The smallest absolute Gasteiger partial charge is 0.303 e. The zero-order chi connectivity index (χ0) is 15.8. The van der Waals surface area contributed by atoms with Gasteiger partial charge in [-0.15, -0.1) is 13.2 Å². The first-order valence-electron chi connectivity index (χ1n) is 7.83. The molecule has 0 radical (unpaired) electrons. The summed E-state index contributed by atoms with van der Waals surface area (Å²) in [5.74, 6) is -0.674. The van der Waals surface area contributed by atoms with E-state index in [1.54, 1.807) is 6.08 Å². The maximum absolute atomic E-state index is 10.2. The molecule has 0 bridgehead atoms. The van der Waals surface area contributed by atoms with Crippen molar-refractivity contribution in [1.29, 1.82) is 0 Å². The van der Waals surface area contributed by atoms with E-state index in [1.165, 1.54) is 25.7 Å². The Hall–Kier alpha value is -1.13. The first kappa shape index (κ1) is 19.9. The second kappa shape index (κ2) is 15.3. The molecule has 1 saturated heterocycles. The van der Waals surface area contributed by atoms with Gasteiger partial charge in [-0.1, -0.05) is 37.8 Å². The number of hydrogen-bond acceptors (Lipinski definition) is 3. The summed E-state index contributed by atoms with van der Waals surface area (Å²) in [6, 6.07) is 0. The van der Waals surface area contributed by atoms with Crippen LogP contribution in [0.25, 0.3) is 0 Å². The number of rotatable bonds is 13. The lowest BCUT2D eigenvalue weighted by Gasteiger charge is -1.98. The summed E-state index contributed by atoms with van der Waals surface area (Å²) >= 11 is 0. The van der Waals surface area contributed by atoms with Crippen LogP contribution < -0.4 is 0 Å². The Morgan fingerprint density at radius 1 is 1.14 bits per heavy atom. The second-order valence-corrected chi connectivity index (χ2v) is 5.12. The monoisotopic (exact) mass is 298 g/mol. The molecule has 122 valence electrons. The number of carboxylic acid groups (broad SMARTS) is 1. The highest BCUT2D eigenvalue weighted by atomic mass is 16.6. The second-order valence-electron chi connectivity index (χ2n) is 5.12. The Labute approximate surface area is 128 Å². The van der Waals surface area contributed by atoms with Crippen molar-refractivity contribution in [1.82, 2.24) is 0 Å². The number of carboxylic acids is 1. The summed E-state index contributed by atoms with van der Waals surface area (Å²) in [4.78, 5) is 10.2. The SMILES string of the molecule is C=CCCCCCCCCC(=O)O.C=CCOCC1CO1. The first-order valence-corrected chi connectivity index (χ1v) is 7.83. The summed E-state index contributed by atoms with van der Waals surface area (Å²) < 4.78 is 9.96. The van der Waals surface area contributed by atoms with E-state index in [0.29, 0.717) is 19.1 Å². The third-order valence-corrected chi connectivity index (χ3v) is 2.99. The summed E-state index contributed by atoms with van der Waals surface area (Å²) in [6.45, 7) is 9.41. The van der Waals surface area contributed by atoms with Crippen LogP contribution in [0.1, 0.15) is 51.4 Å². The van der Waals surface area contributed by atoms with Crippen LogP contribution in [0.3, 0.4) is 0 Å². The Morgan fingerprint density at radius 2 is 1.76 bits per heavy atom. The molecule has 0 spiro atoms. The molecule has 0 amide bonds. The van der Waals surface area contributed by atoms with Gasteiger partial charge in [0.15, 0.2) is 0 Å². The van der Waals surface area contributed by atoms with Gasteiger partial charge in [0.1, 0.15) is 6.10 Å². The van der Waals surface area contributed by atoms with Crippen LogP contribution in [0.4, 0.5) is 0 Å². The van der Waals surface area contributed by atoms with Gasteiger partial charge in [-0.3, -0.25) is 4.79 Å². The van der Waals surface area contributed by atoms with E-state index in [4.69, 9.17) is 14.6 Å². The molecule has 1 atom stereocenters. The van der Waals surface area contributed by atoms with Crippen LogP contribution in [-0.2, 0) is 14.3 Å². The lowest BCUT2D eigenvalue weighted by molar-refractivity contribution is -0.137. The van der Waals surface area contributed by atoms with Gasteiger partial charge in [-0.25, -0.2) is 0 Å². The van der Waals surface area contributed by atoms with Crippen molar-refractivity contribution in [3.05, 3.63) is 25.3 Å². The highest BCUT2D eigenvalue weighted by Crippen LogP contribution is 2.08. The van der Waals surface area contributed by atoms with Crippen molar-refractivity contribution < 1.29 is 19.4 Å². The molecule has 1 unspecified atom stereocenters. The lowest BCUT2D eigenvalue weighted by Crippen LogP contribution is -2.00. The highest BCUT2D eigenvalue weighted by Gasteiger charge is 2.21. The van der Waals surface area contributed by atoms with Crippen LogP contribution in [-0.4, -0.2) is 37.0 Å². The van der Waals surface area contributed by atoms with Gasteiger partial charge in [0, 0.05) is 6.42 Å². The van der Waals surface area contributed by atoms with E-state index >= 15 is 0 Å². The summed E-state index contributed by atoms with van der Waals surface area (Å²) in [6.07, 6.45) is 12.3. The van der Waals surface area contributed by atoms with Crippen molar-refractivity contribution in [2.75, 3.05) is 19.8 Å². The molecule has 4 nitrogen and oxygen atoms in total. The molecule has 0 aliphatic carbocycles. The van der Waals surface area contributed by atoms with Crippen molar-refractivity contribution in [2.24, 2.45) is 0 Å². The van der Waals surface area contributed by atoms with Crippen LogP contribution >= 0.6 is 0 Å². The molecular formula is C17H30O4. The van der Waals surface area contributed by atoms with Gasteiger partial charge in [0.25, 0.3) is 0 Å². The minimum absolute atomic E-state index is 0.326. The molecule has 21 heavy (non-hydrogen) atoms. The van der Waals surface area contributed by atoms with Gasteiger partial charge < -0.3 is 14.6 Å². The number of ether oxygens (including phenoxy) is 2. The van der Waals surface area contributed by atoms with Crippen molar-refractivity contribution in [3.8, 4) is 0 Å². The summed E-state index contributed by atoms with van der Waals surface area (Å²) in [5, 5.41) is 8.38. The zero-order valence-electron chi connectivity index (χ0n) is 13.1. The average molecular weight is 298 g/mol. The van der Waals surface area contributed by atoms with E-state index in [0.717, 1.165) is 32.5 Å². The minimum Gasteiger partial charge on any atom is -0.481 e. The van der Waals surface area contributed by atoms with Crippen LogP contribution in [0.2, 0.25) is 0 Å². The van der Waals surface area contributed by atoms with Gasteiger partial charge in [0.05, 0.1) is 19.8 Å². The predicted octanol–water partition coefficient (Wildman–Crippen LogP) is 3.97. The Bertz CT molecular complexity index is 272. The number of aliphatic carboxylic acids is 1. The molecule has 0 saturated carbocycles. The van der Waals surface area contributed by atoms with Crippen LogP contribution in [0.5, 0.6) is 0 Å².